The van der Waals surface area contributed by atoms with Crippen LogP contribution in [0.5, 0.6) is 5.75 Å². The number of aromatic nitrogens is 3. The molecule has 1 fully saturated rings. The molecule has 0 saturated carbocycles. The van der Waals surface area contributed by atoms with Gasteiger partial charge in [0.15, 0.2) is 0 Å². The third-order valence-electron chi connectivity index (χ3n) is 5.99. The monoisotopic (exact) mass is 450 g/mol. The van der Waals surface area contributed by atoms with E-state index in [9.17, 15) is 14.4 Å². The molecule has 2 aromatic heterocycles. The first kappa shape index (κ1) is 20.7. The number of hydrogen-bond acceptors (Lipinski definition) is 7. The zero-order valence-electron chi connectivity index (χ0n) is 17.8. The van der Waals surface area contributed by atoms with E-state index in [4.69, 9.17) is 9.47 Å². The third-order valence-corrected chi connectivity index (χ3v) is 5.99. The number of benzene rings is 1. The molecule has 1 spiro atoms. The highest BCUT2D eigenvalue weighted by Gasteiger charge is 2.45. The third kappa shape index (κ3) is 3.93. The molecule has 3 amide bonds. The van der Waals surface area contributed by atoms with E-state index in [2.05, 4.69) is 25.8 Å². The number of piperidine rings is 1. The van der Waals surface area contributed by atoms with Crippen LogP contribution < -0.4 is 15.4 Å². The van der Waals surface area contributed by atoms with Crippen LogP contribution in [0.4, 0.5) is 15.4 Å². The van der Waals surface area contributed by atoms with Crippen LogP contribution in [0.25, 0.3) is 10.9 Å². The second-order valence-electron chi connectivity index (χ2n) is 8.11. The number of hydrogen-bond donors (Lipinski definition) is 3. The summed E-state index contributed by atoms with van der Waals surface area (Å²) in [6.07, 6.45) is 3.54. The number of fused-ring (bicyclic) bond motifs is 3. The van der Waals surface area contributed by atoms with Crippen molar-refractivity contribution in [1.29, 1.82) is 0 Å². The second-order valence-corrected chi connectivity index (χ2v) is 8.11. The zero-order valence-corrected chi connectivity index (χ0v) is 17.8. The van der Waals surface area contributed by atoms with E-state index in [0.29, 0.717) is 37.5 Å². The molecule has 0 bridgehead atoms. The van der Waals surface area contributed by atoms with E-state index in [-0.39, 0.29) is 6.03 Å². The lowest BCUT2D eigenvalue weighted by molar-refractivity contribution is -0.136. The van der Waals surface area contributed by atoms with Crippen molar-refractivity contribution in [1.82, 2.24) is 25.4 Å². The Morgan fingerprint density at radius 1 is 1.27 bits per heavy atom. The number of carbonyl (C=O) groups is 3. The topological polar surface area (TPSA) is 139 Å². The number of aromatic amines is 1. The molecule has 170 valence electrons. The predicted octanol–water partition coefficient (Wildman–Crippen LogP) is 2.51. The van der Waals surface area contributed by atoms with Crippen LogP contribution in [0.1, 0.15) is 25.3 Å². The molecule has 5 rings (SSSR count). The highest BCUT2D eigenvalue weighted by Crippen LogP contribution is 2.42. The van der Waals surface area contributed by atoms with E-state index >= 15 is 0 Å². The van der Waals surface area contributed by atoms with Gasteiger partial charge in [0, 0.05) is 43.1 Å². The first-order valence-corrected chi connectivity index (χ1v) is 10.6. The summed E-state index contributed by atoms with van der Waals surface area (Å²) in [6, 6.07) is 7.54. The van der Waals surface area contributed by atoms with Gasteiger partial charge in [0.2, 0.25) is 0 Å². The molecule has 2 aliphatic rings. The number of H-pyrrole nitrogens is 1. The van der Waals surface area contributed by atoms with Crippen LogP contribution in [-0.4, -0.2) is 57.3 Å². The Morgan fingerprint density at radius 3 is 2.91 bits per heavy atom. The summed E-state index contributed by atoms with van der Waals surface area (Å²) in [7, 11) is 0. The molecule has 3 N–H and O–H groups in total. The molecule has 11 heteroatoms. The van der Waals surface area contributed by atoms with Crippen molar-refractivity contribution in [2.75, 3.05) is 18.4 Å². The second kappa shape index (κ2) is 8.08. The van der Waals surface area contributed by atoms with Gasteiger partial charge in [-0.3, -0.25) is 10.4 Å². The Labute approximate surface area is 188 Å². The quantitative estimate of drug-likeness (QED) is 0.412. The lowest BCUT2D eigenvalue weighted by Crippen LogP contribution is -2.54. The van der Waals surface area contributed by atoms with Gasteiger partial charge in [0.25, 0.3) is 0 Å². The van der Waals surface area contributed by atoms with Crippen molar-refractivity contribution in [2.24, 2.45) is 0 Å². The van der Waals surface area contributed by atoms with Crippen LogP contribution in [-0.2, 0) is 15.1 Å². The Hall–Kier alpha value is -4.15. The summed E-state index contributed by atoms with van der Waals surface area (Å²) in [4.78, 5) is 43.1. The van der Waals surface area contributed by atoms with E-state index in [1.165, 1.54) is 0 Å². The van der Waals surface area contributed by atoms with Gasteiger partial charge in [-0.1, -0.05) is 0 Å². The van der Waals surface area contributed by atoms with Gasteiger partial charge in [-0.25, -0.2) is 19.4 Å². The number of urea groups is 1. The summed E-state index contributed by atoms with van der Waals surface area (Å²) in [6.45, 7) is 2.28. The number of esters is 1. The molecule has 4 heterocycles. The van der Waals surface area contributed by atoms with Gasteiger partial charge in [0.1, 0.15) is 23.2 Å². The lowest BCUT2D eigenvalue weighted by atomic mass is 9.83. The number of carbonyl (C=O) groups excluding carboxylic acids is 3. The van der Waals surface area contributed by atoms with Crippen molar-refractivity contribution in [3.05, 3.63) is 48.3 Å². The van der Waals surface area contributed by atoms with Gasteiger partial charge >= 0.3 is 18.1 Å². The van der Waals surface area contributed by atoms with Crippen molar-refractivity contribution in [2.45, 2.75) is 31.4 Å². The molecular formula is C22H22N6O5. The molecule has 0 aliphatic carbocycles. The van der Waals surface area contributed by atoms with Gasteiger partial charge in [-0.2, -0.15) is 5.10 Å². The summed E-state index contributed by atoms with van der Waals surface area (Å²) in [5, 5.41) is 12.9. The number of amides is 3. The standard InChI is InChI=1S/C22H22N6O5/c1-13(19(29)32-15-4-5-17-14(11-15)12-24-27-17)25-20(30)28-9-6-22(7-10-28)16-3-2-8-23-18(16)26-21(31)33-22/h2-5,8,11-13H,6-7,9-10H2,1H3,(H,24,27)(H,25,30)(H,23,26,31). The molecule has 33 heavy (non-hydrogen) atoms. The maximum Gasteiger partial charge on any atom is 0.413 e. The summed E-state index contributed by atoms with van der Waals surface area (Å²) in [5.41, 5.74) is 0.812. The highest BCUT2D eigenvalue weighted by molar-refractivity contribution is 5.88. The molecular weight excluding hydrogens is 428 g/mol. The highest BCUT2D eigenvalue weighted by atomic mass is 16.6. The predicted molar refractivity (Wildman–Crippen MR) is 117 cm³/mol. The van der Waals surface area contributed by atoms with Crippen LogP contribution in [0, 0.1) is 0 Å². The number of ether oxygens (including phenoxy) is 2. The zero-order chi connectivity index (χ0) is 23.0. The number of likely N-dealkylation sites (tertiary alicyclic amines) is 1. The Bertz CT molecular complexity index is 1230. The first-order chi connectivity index (χ1) is 15.9. The van der Waals surface area contributed by atoms with E-state index in [1.54, 1.807) is 48.5 Å². The van der Waals surface area contributed by atoms with E-state index in [1.807, 2.05) is 6.07 Å². The fourth-order valence-corrected chi connectivity index (χ4v) is 4.19. The minimum Gasteiger partial charge on any atom is -0.437 e. The Morgan fingerprint density at radius 2 is 2.09 bits per heavy atom. The Kier molecular flexibility index (Phi) is 5.08. The molecule has 3 aromatic rings. The normalized spacial score (nSPS) is 17.6. The number of pyridine rings is 1. The van der Waals surface area contributed by atoms with Crippen LogP contribution in [0.15, 0.2) is 42.7 Å². The van der Waals surface area contributed by atoms with Crippen molar-refractivity contribution in [3.63, 3.8) is 0 Å². The average Bonchev–Trinajstić information content (AvgIpc) is 3.27. The summed E-state index contributed by atoms with van der Waals surface area (Å²) in [5.74, 6) is 0.276. The number of anilines is 1. The minimum absolute atomic E-state index is 0.354. The molecule has 1 aromatic carbocycles. The summed E-state index contributed by atoms with van der Waals surface area (Å²) >= 11 is 0. The lowest BCUT2D eigenvalue weighted by Gasteiger charge is -2.43. The molecule has 1 atom stereocenters. The van der Waals surface area contributed by atoms with Crippen LogP contribution in [0.3, 0.4) is 0 Å². The van der Waals surface area contributed by atoms with Crippen LogP contribution in [0.2, 0.25) is 0 Å². The molecule has 2 aliphatic heterocycles. The van der Waals surface area contributed by atoms with Gasteiger partial charge in [-0.05, 0) is 37.3 Å². The number of nitrogens with zero attached hydrogens (tertiary/aromatic N) is 3. The first-order valence-electron chi connectivity index (χ1n) is 10.6. The maximum absolute atomic E-state index is 12.7. The molecule has 11 nitrogen and oxygen atoms in total. The number of nitrogens with one attached hydrogen (secondary N) is 3. The Balaban J connectivity index is 1.19. The fraction of sp³-hybridized carbons (Fsp3) is 0.318. The van der Waals surface area contributed by atoms with E-state index < -0.39 is 23.7 Å². The molecule has 1 saturated heterocycles. The smallest absolute Gasteiger partial charge is 0.413 e. The van der Waals surface area contributed by atoms with Crippen molar-refractivity contribution < 1.29 is 23.9 Å². The molecule has 1 unspecified atom stereocenters. The average molecular weight is 450 g/mol. The largest absolute Gasteiger partial charge is 0.437 e. The van der Waals surface area contributed by atoms with Crippen LogP contribution >= 0.6 is 0 Å². The SMILES string of the molecule is CC(NC(=O)N1CCC2(CC1)OC(=O)Nc1ncccc12)C(=O)Oc1ccc2[nH]ncc2c1. The fourth-order valence-electron chi connectivity index (χ4n) is 4.19. The van der Waals surface area contributed by atoms with Gasteiger partial charge in [0.05, 0.1) is 11.7 Å². The maximum atomic E-state index is 12.7. The minimum atomic E-state index is -0.852. The van der Waals surface area contributed by atoms with Crippen molar-refractivity contribution in [3.8, 4) is 5.75 Å². The van der Waals surface area contributed by atoms with E-state index in [0.717, 1.165) is 16.5 Å². The van der Waals surface area contributed by atoms with Crippen molar-refractivity contribution >= 4 is 34.8 Å². The molecule has 0 radical (unpaired) electrons. The van der Waals surface area contributed by atoms with Gasteiger partial charge in [-0.15, -0.1) is 0 Å². The summed E-state index contributed by atoms with van der Waals surface area (Å²) < 4.78 is 11.0. The number of rotatable bonds is 3. The van der Waals surface area contributed by atoms with Gasteiger partial charge < -0.3 is 19.7 Å².